The standard InChI is InChI=1S/C21H26FN3O3S.C2H2O4/c22-18-3-1-2-4-19(18)27-15-20(26)25-10-5-16(6-11-25)24-12-7-17(8-13-24)28-21-23-9-14-29-21;3-1(4)2(5)6/h1-4,9,14,16-17H,5-8,10-13,15H2;(H,3,4)(H,5,6). The van der Waals surface area contributed by atoms with Gasteiger partial charge in [-0.3, -0.25) is 9.69 Å². The van der Waals surface area contributed by atoms with E-state index in [0.29, 0.717) is 6.04 Å². The van der Waals surface area contributed by atoms with Crippen LogP contribution in [0.15, 0.2) is 35.8 Å². The summed E-state index contributed by atoms with van der Waals surface area (Å²) in [5.41, 5.74) is 0. The van der Waals surface area contributed by atoms with Crippen molar-refractivity contribution in [2.45, 2.75) is 37.8 Å². The van der Waals surface area contributed by atoms with Gasteiger partial charge in [0.15, 0.2) is 18.2 Å². The fourth-order valence-corrected chi connectivity index (χ4v) is 4.59. The lowest BCUT2D eigenvalue weighted by molar-refractivity contribution is -0.159. The van der Waals surface area contributed by atoms with Crippen molar-refractivity contribution in [3.8, 4) is 10.9 Å². The second-order valence-corrected chi connectivity index (χ2v) is 8.95. The van der Waals surface area contributed by atoms with E-state index < -0.39 is 17.8 Å². The van der Waals surface area contributed by atoms with Crippen molar-refractivity contribution in [2.75, 3.05) is 32.8 Å². The van der Waals surface area contributed by atoms with E-state index in [1.165, 1.54) is 23.5 Å². The molecule has 1 aromatic carbocycles. The number of piperidine rings is 2. The third-order valence-electron chi connectivity index (χ3n) is 5.86. The number of amides is 1. The molecule has 35 heavy (non-hydrogen) atoms. The number of rotatable bonds is 6. The van der Waals surface area contributed by atoms with Gasteiger partial charge in [0, 0.05) is 43.8 Å². The van der Waals surface area contributed by atoms with Crippen molar-refractivity contribution in [3.05, 3.63) is 41.7 Å². The summed E-state index contributed by atoms with van der Waals surface area (Å²) in [6.45, 7) is 3.36. The third kappa shape index (κ3) is 8.18. The fraction of sp³-hybridized carbons (Fsp3) is 0.478. The van der Waals surface area contributed by atoms with E-state index in [1.54, 1.807) is 18.3 Å². The van der Waals surface area contributed by atoms with Gasteiger partial charge in [-0.15, -0.1) is 0 Å². The van der Waals surface area contributed by atoms with Crippen molar-refractivity contribution in [2.24, 2.45) is 0 Å². The van der Waals surface area contributed by atoms with Gasteiger partial charge >= 0.3 is 11.9 Å². The first-order valence-electron chi connectivity index (χ1n) is 11.2. The molecule has 4 rings (SSSR count). The topological polar surface area (TPSA) is 130 Å². The Morgan fingerprint density at radius 1 is 1.03 bits per heavy atom. The van der Waals surface area contributed by atoms with Crippen LogP contribution in [-0.4, -0.2) is 87.8 Å². The molecule has 0 unspecified atom stereocenters. The number of aromatic nitrogens is 1. The van der Waals surface area contributed by atoms with Crippen molar-refractivity contribution in [1.29, 1.82) is 0 Å². The number of carboxylic acids is 2. The highest BCUT2D eigenvalue weighted by Crippen LogP contribution is 2.25. The van der Waals surface area contributed by atoms with E-state index in [9.17, 15) is 9.18 Å². The summed E-state index contributed by atoms with van der Waals surface area (Å²) in [6.07, 6.45) is 5.96. The SMILES string of the molecule is O=C(COc1ccccc1F)N1CCC(N2CCC(Oc3nccs3)CC2)CC1.O=C(O)C(=O)O. The summed E-state index contributed by atoms with van der Waals surface area (Å²) >= 11 is 1.54. The summed E-state index contributed by atoms with van der Waals surface area (Å²) in [5.74, 6) is -4.05. The number of carbonyl (C=O) groups is 3. The number of halogens is 1. The minimum Gasteiger partial charge on any atom is -0.481 e. The van der Waals surface area contributed by atoms with Crippen LogP contribution < -0.4 is 9.47 Å². The lowest BCUT2D eigenvalue weighted by Gasteiger charge is -2.41. The lowest BCUT2D eigenvalue weighted by atomic mass is 9.99. The fourth-order valence-electron chi connectivity index (χ4n) is 4.04. The van der Waals surface area contributed by atoms with Crippen LogP contribution in [0.2, 0.25) is 0 Å². The number of thiazole rings is 1. The molecule has 1 amide bonds. The molecule has 12 heteroatoms. The minimum absolute atomic E-state index is 0.0812. The maximum Gasteiger partial charge on any atom is 0.414 e. The van der Waals surface area contributed by atoms with Gasteiger partial charge in [-0.25, -0.2) is 19.0 Å². The first-order valence-corrected chi connectivity index (χ1v) is 12.1. The number of nitrogens with zero attached hydrogens (tertiary/aromatic N) is 3. The predicted molar refractivity (Wildman–Crippen MR) is 124 cm³/mol. The average molecular weight is 510 g/mol. The molecule has 2 fully saturated rings. The van der Waals surface area contributed by atoms with E-state index in [1.807, 2.05) is 10.3 Å². The smallest absolute Gasteiger partial charge is 0.414 e. The van der Waals surface area contributed by atoms with E-state index in [2.05, 4.69) is 9.88 Å². The Morgan fingerprint density at radius 2 is 1.69 bits per heavy atom. The normalized spacial score (nSPS) is 17.2. The lowest BCUT2D eigenvalue weighted by Crippen LogP contribution is -2.50. The molecular weight excluding hydrogens is 481 g/mol. The Kier molecular flexibility index (Phi) is 9.79. The number of carbonyl (C=O) groups excluding carboxylic acids is 1. The predicted octanol–water partition coefficient (Wildman–Crippen LogP) is 2.35. The van der Waals surface area contributed by atoms with Crippen LogP contribution in [0.25, 0.3) is 0 Å². The number of ether oxygens (including phenoxy) is 2. The molecule has 0 aliphatic carbocycles. The molecule has 2 aliphatic rings. The minimum atomic E-state index is -1.82. The van der Waals surface area contributed by atoms with Gasteiger partial charge in [0.25, 0.3) is 11.1 Å². The summed E-state index contributed by atoms with van der Waals surface area (Å²) in [6, 6.07) is 6.67. The highest BCUT2D eigenvalue weighted by molar-refractivity contribution is 7.11. The number of hydrogen-bond donors (Lipinski definition) is 2. The molecule has 0 spiro atoms. The molecule has 2 aromatic rings. The molecule has 190 valence electrons. The summed E-state index contributed by atoms with van der Waals surface area (Å²) in [7, 11) is 0. The molecule has 10 nitrogen and oxygen atoms in total. The van der Waals surface area contributed by atoms with Crippen molar-refractivity contribution in [3.63, 3.8) is 0 Å². The van der Waals surface area contributed by atoms with Crippen LogP contribution in [-0.2, 0) is 14.4 Å². The van der Waals surface area contributed by atoms with Crippen LogP contribution in [0.5, 0.6) is 10.9 Å². The van der Waals surface area contributed by atoms with Gasteiger partial charge in [-0.2, -0.15) is 0 Å². The van der Waals surface area contributed by atoms with Crippen molar-refractivity contribution >= 4 is 29.2 Å². The highest BCUT2D eigenvalue weighted by Gasteiger charge is 2.30. The molecule has 0 bridgehead atoms. The number of hydrogen-bond acceptors (Lipinski definition) is 8. The first-order chi connectivity index (χ1) is 16.8. The van der Waals surface area contributed by atoms with E-state index in [0.717, 1.165) is 57.1 Å². The van der Waals surface area contributed by atoms with Gasteiger partial charge in [0.2, 0.25) is 0 Å². The molecule has 2 aliphatic heterocycles. The molecule has 0 atom stereocenters. The number of benzene rings is 1. The van der Waals surface area contributed by atoms with Crippen molar-refractivity contribution < 1.29 is 38.5 Å². The third-order valence-corrected chi connectivity index (χ3v) is 6.52. The Labute approximate surface area is 205 Å². The molecule has 1 aromatic heterocycles. The van der Waals surface area contributed by atoms with E-state index in [-0.39, 0.29) is 24.4 Å². The molecule has 2 N–H and O–H groups in total. The zero-order valence-electron chi connectivity index (χ0n) is 19.0. The molecule has 0 saturated carbocycles. The second-order valence-electron chi connectivity index (χ2n) is 8.09. The molecule has 2 saturated heterocycles. The van der Waals surface area contributed by atoms with Crippen LogP contribution >= 0.6 is 11.3 Å². The van der Waals surface area contributed by atoms with Crippen LogP contribution in [0, 0.1) is 5.82 Å². The van der Waals surface area contributed by atoms with Crippen molar-refractivity contribution in [1.82, 2.24) is 14.8 Å². The molecule has 0 radical (unpaired) electrons. The summed E-state index contributed by atoms with van der Waals surface area (Å²) in [4.78, 5) is 39.2. The van der Waals surface area contributed by atoms with Crippen LogP contribution in [0.3, 0.4) is 0 Å². The summed E-state index contributed by atoms with van der Waals surface area (Å²) in [5, 5.41) is 17.5. The number of aliphatic carboxylic acids is 2. The van der Waals surface area contributed by atoms with Gasteiger partial charge < -0.3 is 24.6 Å². The van der Waals surface area contributed by atoms with Gasteiger partial charge in [-0.05, 0) is 37.8 Å². The maximum atomic E-state index is 13.6. The maximum absolute atomic E-state index is 13.6. The largest absolute Gasteiger partial charge is 0.481 e. The van der Waals surface area contributed by atoms with E-state index in [4.69, 9.17) is 29.3 Å². The Balaban J connectivity index is 0.000000509. The first kappa shape index (κ1) is 26.4. The average Bonchev–Trinajstić information content (AvgIpc) is 3.37. The zero-order chi connectivity index (χ0) is 25.2. The number of para-hydroxylation sites is 1. The molecule has 3 heterocycles. The number of carboxylic acid groups (broad SMARTS) is 2. The highest BCUT2D eigenvalue weighted by atomic mass is 32.1. The Hall–Kier alpha value is -3.25. The second kappa shape index (κ2) is 13.0. The van der Waals surface area contributed by atoms with Crippen LogP contribution in [0.4, 0.5) is 4.39 Å². The van der Waals surface area contributed by atoms with Gasteiger partial charge in [-0.1, -0.05) is 23.5 Å². The zero-order valence-corrected chi connectivity index (χ0v) is 19.9. The van der Waals surface area contributed by atoms with Gasteiger partial charge in [0.05, 0.1) is 0 Å². The summed E-state index contributed by atoms with van der Waals surface area (Å²) < 4.78 is 24.9. The monoisotopic (exact) mass is 509 g/mol. The van der Waals surface area contributed by atoms with Gasteiger partial charge in [0.1, 0.15) is 6.10 Å². The van der Waals surface area contributed by atoms with Crippen LogP contribution in [0.1, 0.15) is 25.7 Å². The quantitative estimate of drug-likeness (QED) is 0.564. The Bertz CT molecular complexity index is 963. The van der Waals surface area contributed by atoms with E-state index >= 15 is 0 Å². The Morgan fingerprint density at radius 3 is 2.26 bits per heavy atom. The number of likely N-dealkylation sites (tertiary alicyclic amines) is 2. The molecular formula is C23H28FN3O7S.